The molecule has 2 aromatic rings. The highest BCUT2D eigenvalue weighted by molar-refractivity contribution is 6.30. The molecule has 0 spiro atoms. The zero-order valence-electron chi connectivity index (χ0n) is 14.4. The van der Waals surface area contributed by atoms with Gasteiger partial charge in [0.2, 0.25) is 5.78 Å². The van der Waals surface area contributed by atoms with Crippen molar-refractivity contribution in [1.29, 1.82) is 0 Å². The van der Waals surface area contributed by atoms with Crippen LogP contribution in [0.25, 0.3) is 0 Å². The first-order valence-corrected chi connectivity index (χ1v) is 8.82. The molecule has 0 aliphatic rings. The van der Waals surface area contributed by atoms with Crippen LogP contribution in [0.15, 0.2) is 48.5 Å². The molecule has 0 unspecified atom stereocenters. The first-order chi connectivity index (χ1) is 12.8. The molecule has 0 heterocycles. The summed E-state index contributed by atoms with van der Waals surface area (Å²) in [5, 5.41) is 3.50. The van der Waals surface area contributed by atoms with Crippen molar-refractivity contribution in [2.45, 2.75) is 25.5 Å². The molecule has 8 heteroatoms. The largest absolute Gasteiger partial charge is 0.454 e. The molecular weight excluding hydrogens is 391 g/mol. The number of esters is 1. The Hall–Kier alpha value is -2.57. The fraction of sp³-hybridized carbons (Fsp3) is 0.211. The van der Waals surface area contributed by atoms with Gasteiger partial charge in [-0.05, 0) is 48.9 Å². The van der Waals surface area contributed by atoms with Gasteiger partial charge in [0.25, 0.3) is 0 Å². The van der Waals surface area contributed by atoms with E-state index in [0.29, 0.717) is 21.2 Å². The van der Waals surface area contributed by atoms with Crippen LogP contribution in [-0.2, 0) is 9.53 Å². The third kappa shape index (κ3) is 6.27. The second kappa shape index (κ2) is 9.39. The number of amides is 2. The number of urea groups is 1. The van der Waals surface area contributed by atoms with E-state index in [2.05, 4.69) is 5.32 Å². The van der Waals surface area contributed by atoms with Crippen LogP contribution in [0.2, 0.25) is 10.0 Å². The molecule has 6 nitrogen and oxygen atoms in total. The molecule has 0 saturated heterocycles. The maximum Gasteiger partial charge on any atom is 0.312 e. The van der Waals surface area contributed by atoms with E-state index in [1.54, 1.807) is 48.5 Å². The highest BCUT2D eigenvalue weighted by Crippen LogP contribution is 2.21. The molecule has 2 atom stereocenters. The Morgan fingerprint density at radius 3 is 2.04 bits per heavy atom. The van der Waals surface area contributed by atoms with Gasteiger partial charge in [0.1, 0.15) is 0 Å². The van der Waals surface area contributed by atoms with Gasteiger partial charge in [-0.25, -0.2) is 4.79 Å². The van der Waals surface area contributed by atoms with Crippen LogP contribution in [0.3, 0.4) is 0 Å². The van der Waals surface area contributed by atoms with Crippen LogP contribution in [-0.4, -0.2) is 23.9 Å². The van der Waals surface area contributed by atoms with Gasteiger partial charge in [-0.2, -0.15) is 0 Å². The standard InChI is InChI=1S/C19H18Cl2N2O4/c1-11(18(25)13-4-8-15(21)9-5-13)27-17(24)10-16(23-19(22)26)12-2-6-14(20)7-3-12/h2-9,11,16H,10H2,1H3,(H3,22,23,26)/t11-,16+/m0/s1. The predicted molar refractivity (Wildman–Crippen MR) is 103 cm³/mol. The molecule has 2 aromatic carbocycles. The molecule has 0 fully saturated rings. The second-order valence-corrected chi connectivity index (χ2v) is 6.69. The number of hydrogen-bond acceptors (Lipinski definition) is 4. The van der Waals surface area contributed by atoms with Crippen molar-refractivity contribution in [3.63, 3.8) is 0 Å². The average molecular weight is 409 g/mol. The first-order valence-electron chi connectivity index (χ1n) is 8.07. The van der Waals surface area contributed by atoms with E-state index in [4.69, 9.17) is 33.7 Å². The van der Waals surface area contributed by atoms with Gasteiger partial charge in [-0.3, -0.25) is 9.59 Å². The smallest absolute Gasteiger partial charge is 0.312 e. The van der Waals surface area contributed by atoms with Crippen molar-refractivity contribution >= 4 is 41.0 Å². The van der Waals surface area contributed by atoms with Crippen molar-refractivity contribution < 1.29 is 19.1 Å². The Morgan fingerprint density at radius 1 is 1.00 bits per heavy atom. The maximum absolute atomic E-state index is 12.3. The Bertz CT molecular complexity index is 823. The highest BCUT2D eigenvalue weighted by atomic mass is 35.5. The van der Waals surface area contributed by atoms with Crippen molar-refractivity contribution in [2.24, 2.45) is 5.73 Å². The third-order valence-corrected chi connectivity index (χ3v) is 4.27. The van der Waals surface area contributed by atoms with Crippen LogP contribution in [0.4, 0.5) is 4.79 Å². The Morgan fingerprint density at radius 2 is 1.52 bits per heavy atom. The van der Waals surface area contributed by atoms with Crippen LogP contribution < -0.4 is 11.1 Å². The van der Waals surface area contributed by atoms with Crippen LogP contribution in [0, 0.1) is 0 Å². The van der Waals surface area contributed by atoms with E-state index in [1.165, 1.54) is 6.92 Å². The van der Waals surface area contributed by atoms with Gasteiger partial charge >= 0.3 is 12.0 Å². The zero-order chi connectivity index (χ0) is 20.0. The number of ether oxygens (including phenoxy) is 1. The molecule has 0 aliphatic carbocycles. The summed E-state index contributed by atoms with van der Waals surface area (Å²) in [5.41, 5.74) is 6.19. The van der Waals surface area contributed by atoms with Crippen molar-refractivity contribution in [2.75, 3.05) is 0 Å². The summed E-state index contributed by atoms with van der Waals surface area (Å²) < 4.78 is 5.21. The minimum Gasteiger partial charge on any atom is -0.454 e. The maximum atomic E-state index is 12.3. The highest BCUT2D eigenvalue weighted by Gasteiger charge is 2.23. The van der Waals surface area contributed by atoms with Crippen LogP contribution in [0.1, 0.15) is 35.3 Å². The fourth-order valence-corrected chi connectivity index (χ4v) is 2.69. The van der Waals surface area contributed by atoms with Gasteiger partial charge in [0.15, 0.2) is 6.10 Å². The SMILES string of the molecule is C[C@H](OC(=O)C[C@@H](NC(N)=O)c1ccc(Cl)cc1)C(=O)c1ccc(Cl)cc1. The number of benzene rings is 2. The van der Waals surface area contributed by atoms with Crippen molar-refractivity contribution in [1.82, 2.24) is 5.32 Å². The average Bonchev–Trinajstić information content (AvgIpc) is 2.61. The third-order valence-electron chi connectivity index (χ3n) is 3.77. The summed E-state index contributed by atoms with van der Waals surface area (Å²) in [6.07, 6.45) is -1.18. The van der Waals surface area contributed by atoms with Gasteiger partial charge in [-0.1, -0.05) is 35.3 Å². The predicted octanol–water partition coefficient (Wildman–Crippen LogP) is 3.91. The lowest BCUT2D eigenvalue weighted by Crippen LogP contribution is -2.35. The number of ketones is 1. The number of nitrogens with two attached hydrogens (primary N) is 1. The second-order valence-electron chi connectivity index (χ2n) is 5.82. The topological polar surface area (TPSA) is 98.5 Å². The summed E-state index contributed by atoms with van der Waals surface area (Å²) in [5.74, 6) is -1.01. The lowest BCUT2D eigenvalue weighted by Gasteiger charge is -2.19. The van der Waals surface area contributed by atoms with Gasteiger partial charge in [0.05, 0.1) is 12.5 Å². The lowest BCUT2D eigenvalue weighted by atomic mass is 10.0. The zero-order valence-corrected chi connectivity index (χ0v) is 16.0. The number of primary amides is 1. The Kier molecular flexibility index (Phi) is 7.21. The summed E-state index contributed by atoms with van der Waals surface area (Å²) in [4.78, 5) is 35.8. The Balaban J connectivity index is 2.03. The number of carbonyl (C=O) groups is 3. The molecule has 2 rings (SSSR count). The molecule has 0 radical (unpaired) electrons. The number of nitrogens with one attached hydrogen (secondary N) is 1. The normalized spacial score (nSPS) is 12.7. The first kappa shape index (κ1) is 20.7. The number of hydrogen-bond donors (Lipinski definition) is 2. The summed E-state index contributed by atoms with van der Waals surface area (Å²) in [7, 11) is 0. The van der Waals surface area contributed by atoms with Crippen molar-refractivity contribution in [3.8, 4) is 0 Å². The van der Waals surface area contributed by atoms with E-state index in [0.717, 1.165) is 0 Å². The fourth-order valence-electron chi connectivity index (χ4n) is 2.43. The minimum absolute atomic E-state index is 0.192. The number of halogens is 2. The quantitative estimate of drug-likeness (QED) is 0.535. The minimum atomic E-state index is -0.988. The molecule has 0 saturated carbocycles. The molecule has 27 heavy (non-hydrogen) atoms. The lowest BCUT2D eigenvalue weighted by molar-refractivity contribution is -0.146. The summed E-state index contributed by atoms with van der Waals surface area (Å²) in [6.45, 7) is 1.48. The molecule has 0 bridgehead atoms. The van der Waals surface area contributed by atoms with Gasteiger partial charge < -0.3 is 15.8 Å². The van der Waals surface area contributed by atoms with E-state index >= 15 is 0 Å². The molecule has 2 amide bonds. The van der Waals surface area contributed by atoms with E-state index < -0.39 is 24.1 Å². The van der Waals surface area contributed by atoms with E-state index in [1.807, 2.05) is 0 Å². The summed E-state index contributed by atoms with van der Waals surface area (Å²) in [6, 6.07) is 11.4. The molecule has 3 N–H and O–H groups in total. The van der Waals surface area contributed by atoms with Crippen molar-refractivity contribution in [3.05, 3.63) is 69.7 Å². The summed E-state index contributed by atoms with van der Waals surface area (Å²) >= 11 is 11.6. The molecule has 0 aliphatic heterocycles. The van der Waals surface area contributed by atoms with E-state index in [9.17, 15) is 14.4 Å². The van der Waals surface area contributed by atoms with Gasteiger partial charge in [0, 0.05) is 15.6 Å². The van der Waals surface area contributed by atoms with E-state index in [-0.39, 0.29) is 12.2 Å². The monoisotopic (exact) mass is 408 g/mol. The molecule has 142 valence electrons. The molecular formula is C19H18Cl2N2O4. The number of rotatable bonds is 7. The van der Waals surface area contributed by atoms with Gasteiger partial charge in [-0.15, -0.1) is 0 Å². The Labute approximate surface area is 166 Å². The van der Waals surface area contributed by atoms with Crippen LogP contribution >= 0.6 is 23.2 Å². The number of carbonyl (C=O) groups excluding carboxylic acids is 3. The molecule has 0 aromatic heterocycles. The van der Waals surface area contributed by atoms with Crippen LogP contribution in [0.5, 0.6) is 0 Å². The number of Topliss-reactive ketones (excluding diaryl/α,β-unsaturated/α-hetero) is 1.